The van der Waals surface area contributed by atoms with Gasteiger partial charge in [-0.3, -0.25) is 9.88 Å². The van der Waals surface area contributed by atoms with Crippen LogP contribution in [0.2, 0.25) is 0 Å². The van der Waals surface area contributed by atoms with Crippen LogP contribution in [0.4, 0.5) is 0 Å². The molecule has 2 heterocycles. The topological polar surface area (TPSA) is 44.8 Å². The lowest BCUT2D eigenvalue weighted by molar-refractivity contribution is 0.315. The third kappa shape index (κ3) is 3.55. The third-order valence-corrected chi connectivity index (χ3v) is 3.30. The summed E-state index contributed by atoms with van der Waals surface area (Å²) in [5.41, 5.74) is 3.42. The molecule has 0 bridgehead atoms. The summed E-state index contributed by atoms with van der Waals surface area (Å²) >= 11 is 0. The van der Waals surface area contributed by atoms with Crippen LogP contribution in [-0.2, 0) is 13.1 Å². The molecule has 2 aromatic heterocycles. The first-order valence-electron chi connectivity index (χ1n) is 6.98. The molecule has 4 heteroatoms. The smallest absolute Gasteiger partial charge is 0.139 e. The Hall–Kier alpha value is -2.46. The first kappa shape index (κ1) is 13.5. The lowest BCUT2D eigenvalue weighted by Crippen LogP contribution is -2.17. The maximum absolute atomic E-state index is 4.42. The highest BCUT2D eigenvalue weighted by molar-refractivity contribution is 5.53. The molecule has 4 nitrogen and oxygen atoms in total. The molecule has 0 radical (unpaired) electrons. The quantitative estimate of drug-likeness (QED) is 0.780. The third-order valence-electron chi connectivity index (χ3n) is 3.30. The Morgan fingerprint density at radius 3 is 2.62 bits per heavy atom. The minimum atomic E-state index is 0.835. The van der Waals surface area contributed by atoms with E-state index < -0.39 is 0 Å². The molecule has 0 atom stereocenters. The minimum absolute atomic E-state index is 0.835. The zero-order chi connectivity index (χ0) is 14.5. The molecule has 21 heavy (non-hydrogen) atoms. The monoisotopic (exact) mass is 278 g/mol. The van der Waals surface area contributed by atoms with Crippen LogP contribution in [0.1, 0.15) is 11.3 Å². The van der Waals surface area contributed by atoms with Gasteiger partial charge in [-0.15, -0.1) is 0 Å². The van der Waals surface area contributed by atoms with Gasteiger partial charge < -0.3 is 4.98 Å². The summed E-state index contributed by atoms with van der Waals surface area (Å²) in [7, 11) is 2.11. The number of benzene rings is 1. The molecule has 1 aromatic carbocycles. The van der Waals surface area contributed by atoms with Crippen molar-refractivity contribution in [2.45, 2.75) is 13.1 Å². The van der Waals surface area contributed by atoms with E-state index in [2.05, 4.69) is 51.2 Å². The predicted octanol–water partition coefficient (Wildman–Crippen LogP) is 3.10. The van der Waals surface area contributed by atoms with Crippen molar-refractivity contribution in [1.29, 1.82) is 0 Å². The normalized spacial score (nSPS) is 11.0. The number of imidazole rings is 1. The fourth-order valence-electron chi connectivity index (χ4n) is 2.33. The molecule has 0 spiro atoms. The molecule has 0 aliphatic heterocycles. The maximum Gasteiger partial charge on any atom is 0.139 e. The fourth-order valence-corrected chi connectivity index (χ4v) is 2.33. The van der Waals surface area contributed by atoms with E-state index in [0.717, 1.165) is 30.2 Å². The summed E-state index contributed by atoms with van der Waals surface area (Å²) in [4.78, 5) is 14.2. The number of rotatable bonds is 5. The van der Waals surface area contributed by atoms with Crippen molar-refractivity contribution in [1.82, 2.24) is 19.9 Å². The number of hydrogen-bond donors (Lipinski definition) is 1. The zero-order valence-electron chi connectivity index (χ0n) is 12.0. The van der Waals surface area contributed by atoms with Crippen molar-refractivity contribution < 1.29 is 0 Å². The molecule has 0 saturated carbocycles. The van der Waals surface area contributed by atoms with Crippen molar-refractivity contribution in [3.8, 4) is 11.4 Å². The molecule has 1 N–H and O–H groups in total. The van der Waals surface area contributed by atoms with Gasteiger partial charge in [-0.2, -0.15) is 0 Å². The largest absolute Gasteiger partial charge is 0.341 e. The molecule has 3 rings (SSSR count). The molecular weight excluding hydrogens is 260 g/mol. The molecule has 0 unspecified atom stereocenters. The van der Waals surface area contributed by atoms with Gasteiger partial charge in [-0.05, 0) is 24.7 Å². The molecule has 0 saturated heterocycles. The fraction of sp³-hybridized carbons (Fsp3) is 0.176. The van der Waals surface area contributed by atoms with E-state index in [9.17, 15) is 0 Å². The molecular formula is C17H18N4. The highest BCUT2D eigenvalue weighted by Crippen LogP contribution is 2.14. The molecule has 3 aromatic rings. The zero-order valence-corrected chi connectivity index (χ0v) is 12.0. The van der Waals surface area contributed by atoms with Crippen molar-refractivity contribution >= 4 is 0 Å². The standard InChI is InChI=1S/C17H18N4/c1-21(12-14-6-3-2-4-7-14)13-16-11-19-17(20-16)15-8-5-9-18-10-15/h2-11H,12-13H2,1H3,(H,19,20). The Labute approximate surface area is 124 Å². The number of hydrogen-bond acceptors (Lipinski definition) is 3. The van der Waals surface area contributed by atoms with Crippen LogP contribution in [0.25, 0.3) is 11.4 Å². The number of pyridine rings is 1. The number of H-pyrrole nitrogens is 1. The van der Waals surface area contributed by atoms with Crippen LogP contribution in [-0.4, -0.2) is 26.9 Å². The Balaban J connectivity index is 1.65. The van der Waals surface area contributed by atoms with E-state index in [-0.39, 0.29) is 0 Å². The van der Waals surface area contributed by atoms with Crippen molar-refractivity contribution in [2.75, 3.05) is 7.05 Å². The highest BCUT2D eigenvalue weighted by atomic mass is 15.1. The predicted molar refractivity (Wildman–Crippen MR) is 83.4 cm³/mol. The lowest BCUT2D eigenvalue weighted by Gasteiger charge is -2.15. The van der Waals surface area contributed by atoms with Gasteiger partial charge in [0.15, 0.2) is 0 Å². The highest BCUT2D eigenvalue weighted by Gasteiger charge is 2.06. The number of nitrogens with zero attached hydrogens (tertiary/aromatic N) is 3. The Kier molecular flexibility index (Phi) is 4.07. The van der Waals surface area contributed by atoms with E-state index in [1.54, 1.807) is 6.20 Å². The Bertz CT molecular complexity index is 676. The van der Waals surface area contributed by atoms with Gasteiger partial charge in [-0.1, -0.05) is 30.3 Å². The van der Waals surface area contributed by atoms with Crippen LogP contribution in [0, 0.1) is 0 Å². The average molecular weight is 278 g/mol. The van der Waals surface area contributed by atoms with E-state index in [4.69, 9.17) is 0 Å². The summed E-state index contributed by atoms with van der Waals surface area (Å²) in [5.74, 6) is 0.867. The summed E-state index contributed by atoms with van der Waals surface area (Å²) in [6.45, 7) is 1.75. The first-order chi connectivity index (χ1) is 10.3. The molecule has 0 aliphatic carbocycles. The first-order valence-corrected chi connectivity index (χ1v) is 6.98. The van der Waals surface area contributed by atoms with Crippen molar-refractivity contribution in [3.63, 3.8) is 0 Å². The van der Waals surface area contributed by atoms with Crippen LogP contribution >= 0.6 is 0 Å². The van der Waals surface area contributed by atoms with E-state index in [0.29, 0.717) is 0 Å². The second-order valence-corrected chi connectivity index (χ2v) is 5.16. The Morgan fingerprint density at radius 1 is 1.00 bits per heavy atom. The lowest BCUT2D eigenvalue weighted by atomic mass is 10.2. The van der Waals surface area contributed by atoms with Crippen LogP contribution < -0.4 is 0 Å². The van der Waals surface area contributed by atoms with Crippen molar-refractivity contribution in [2.24, 2.45) is 0 Å². The SMILES string of the molecule is CN(Cc1ccccc1)Cc1cnc(-c2cccnc2)[nH]1. The van der Waals surface area contributed by atoms with Gasteiger partial charge >= 0.3 is 0 Å². The minimum Gasteiger partial charge on any atom is -0.341 e. The van der Waals surface area contributed by atoms with Gasteiger partial charge in [0.2, 0.25) is 0 Å². The summed E-state index contributed by atoms with van der Waals surface area (Å²) in [6, 6.07) is 14.4. The number of aromatic amines is 1. The summed E-state index contributed by atoms with van der Waals surface area (Å²) in [6.07, 6.45) is 5.47. The van der Waals surface area contributed by atoms with Crippen LogP contribution in [0.3, 0.4) is 0 Å². The molecule has 106 valence electrons. The molecule has 0 fully saturated rings. The average Bonchev–Trinajstić information content (AvgIpc) is 2.97. The summed E-state index contributed by atoms with van der Waals surface area (Å²) in [5, 5.41) is 0. The van der Waals surface area contributed by atoms with Crippen LogP contribution in [0.15, 0.2) is 61.1 Å². The van der Waals surface area contributed by atoms with Gasteiger partial charge in [0.05, 0.1) is 0 Å². The Morgan fingerprint density at radius 2 is 1.86 bits per heavy atom. The van der Waals surface area contributed by atoms with Crippen molar-refractivity contribution in [3.05, 3.63) is 72.3 Å². The van der Waals surface area contributed by atoms with Crippen LogP contribution in [0.5, 0.6) is 0 Å². The number of nitrogens with one attached hydrogen (secondary N) is 1. The van der Waals surface area contributed by atoms with E-state index in [1.165, 1.54) is 5.56 Å². The van der Waals surface area contributed by atoms with E-state index >= 15 is 0 Å². The maximum atomic E-state index is 4.42. The molecule has 0 amide bonds. The van der Waals surface area contributed by atoms with Gasteiger partial charge in [0.1, 0.15) is 5.82 Å². The second-order valence-electron chi connectivity index (χ2n) is 5.16. The van der Waals surface area contributed by atoms with Gasteiger partial charge in [0, 0.05) is 42.9 Å². The number of aromatic nitrogens is 3. The second kappa shape index (κ2) is 6.33. The van der Waals surface area contributed by atoms with Gasteiger partial charge in [0.25, 0.3) is 0 Å². The molecule has 0 aliphatic rings. The van der Waals surface area contributed by atoms with E-state index in [1.807, 2.05) is 30.6 Å². The summed E-state index contributed by atoms with van der Waals surface area (Å²) < 4.78 is 0. The van der Waals surface area contributed by atoms with Gasteiger partial charge in [-0.25, -0.2) is 4.98 Å².